The molecule has 3 heteroatoms. The number of carbonyl (C=O) groups is 1. The molecular formula is C15H8N2O. The van der Waals surface area contributed by atoms with Gasteiger partial charge in [0.15, 0.2) is 5.78 Å². The molecule has 0 aromatic heterocycles. The maximum atomic E-state index is 12.2. The third-order valence-electron chi connectivity index (χ3n) is 2.55. The Morgan fingerprint density at radius 1 is 0.944 bits per heavy atom. The minimum Gasteiger partial charge on any atom is -0.289 e. The largest absolute Gasteiger partial charge is 0.289 e. The van der Waals surface area contributed by atoms with Crippen molar-refractivity contribution in [3.8, 4) is 12.1 Å². The molecule has 3 nitrogen and oxygen atoms in total. The minimum absolute atomic E-state index is 0.246. The Morgan fingerprint density at radius 3 is 2.28 bits per heavy atom. The third kappa shape index (κ3) is 2.11. The average molecular weight is 232 g/mol. The zero-order chi connectivity index (χ0) is 13.0. The predicted molar refractivity (Wildman–Crippen MR) is 65.7 cm³/mol. The van der Waals surface area contributed by atoms with Crippen molar-refractivity contribution in [1.29, 1.82) is 10.5 Å². The zero-order valence-corrected chi connectivity index (χ0v) is 9.42. The summed E-state index contributed by atoms with van der Waals surface area (Å²) in [4.78, 5) is 12.2. The van der Waals surface area contributed by atoms with Crippen LogP contribution in [0.15, 0.2) is 48.5 Å². The van der Waals surface area contributed by atoms with E-state index in [-0.39, 0.29) is 16.9 Å². The molecule has 2 rings (SSSR count). The van der Waals surface area contributed by atoms with Crippen LogP contribution in [-0.4, -0.2) is 5.78 Å². The highest BCUT2D eigenvalue weighted by atomic mass is 16.1. The normalized spacial score (nSPS) is 9.22. The van der Waals surface area contributed by atoms with Gasteiger partial charge in [-0.25, -0.2) is 0 Å². The van der Waals surface area contributed by atoms with Crippen LogP contribution in [0.5, 0.6) is 0 Å². The molecule has 2 aromatic rings. The second-order valence-electron chi connectivity index (χ2n) is 3.68. The summed E-state index contributed by atoms with van der Waals surface area (Å²) < 4.78 is 0. The molecule has 0 spiro atoms. The number of nitrogens with zero attached hydrogens (tertiary/aromatic N) is 2. The Hall–Kier alpha value is -2.91. The second kappa shape index (κ2) is 4.95. The van der Waals surface area contributed by atoms with Gasteiger partial charge in [-0.05, 0) is 18.2 Å². The van der Waals surface area contributed by atoms with Crippen LogP contribution in [-0.2, 0) is 0 Å². The van der Waals surface area contributed by atoms with E-state index in [0.29, 0.717) is 11.1 Å². The van der Waals surface area contributed by atoms with E-state index in [1.165, 1.54) is 18.2 Å². The maximum Gasteiger partial charge on any atom is 0.194 e. The topological polar surface area (TPSA) is 64.7 Å². The fraction of sp³-hybridized carbons (Fsp3) is 0. The highest BCUT2D eigenvalue weighted by Crippen LogP contribution is 2.16. The van der Waals surface area contributed by atoms with E-state index in [0.717, 1.165) is 0 Å². The number of nitriles is 2. The van der Waals surface area contributed by atoms with Crippen molar-refractivity contribution < 1.29 is 4.79 Å². The predicted octanol–water partition coefficient (Wildman–Crippen LogP) is 2.66. The Balaban J connectivity index is 2.55. The molecule has 84 valence electrons. The van der Waals surface area contributed by atoms with Gasteiger partial charge in [0.25, 0.3) is 0 Å². The van der Waals surface area contributed by atoms with Gasteiger partial charge in [-0.15, -0.1) is 0 Å². The highest BCUT2D eigenvalue weighted by molar-refractivity contribution is 6.10. The first-order valence-corrected chi connectivity index (χ1v) is 5.30. The van der Waals surface area contributed by atoms with Crippen molar-refractivity contribution >= 4 is 5.78 Å². The van der Waals surface area contributed by atoms with Crippen molar-refractivity contribution in [3.63, 3.8) is 0 Å². The molecule has 18 heavy (non-hydrogen) atoms. The molecular weight excluding hydrogens is 224 g/mol. The lowest BCUT2D eigenvalue weighted by atomic mass is 9.97. The lowest BCUT2D eigenvalue weighted by molar-refractivity contribution is 0.103. The number of hydrogen-bond acceptors (Lipinski definition) is 3. The summed E-state index contributed by atoms with van der Waals surface area (Å²) in [5.74, 6) is -0.246. The highest BCUT2D eigenvalue weighted by Gasteiger charge is 2.14. The van der Waals surface area contributed by atoms with Crippen molar-refractivity contribution in [2.75, 3.05) is 0 Å². The van der Waals surface area contributed by atoms with Gasteiger partial charge in [-0.2, -0.15) is 10.5 Å². The van der Waals surface area contributed by atoms with Gasteiger partial charge in [0, 0.05) is 11.1 Å². The lowest BCUT2D eigenvalue weighted by Gasteiger charge is -2.03. The van der Waals surface area contributed by atoms with Gasteiger partial charge in [0.2, 0.25) is 0 Å². The molecule has 0 atom stereocenters. The van der Waals surface area contributed by atoms with E-state index < -0.39 is 0 Å². The van der Waals surface area contributed by atoms with Gasteiger partial charge in [0.05, 0.1) is 23.3 Å². The first-order valence-electron chi connectivity index (χ1n) is 5.30. The summed E-state index contributed by atoms with van der Waals surface area (Å²) in [5.41, 5.74) is 1.42. The fourth-order valence-electron chi connectivity index (χ4n) is 1.64. The monoisotopic (exact) mass is 232 g/mol. The fourth-order valence-corrected chi connectivity index (χ4v) is 1.64. The minimum atomic E-state index is -0.246. The number of hydrogen-bond donors (Lipinski definition) is 0. The molecule has 0 N–H and O–H groups in total. The first kappa shape index (κ1) is 11.6. The molecule has 0 radical (unpaired) electrons. The molecule has 0 aliphatic heterocycles. The van der Waals surface area contributed by atoms with Crippen molar-refractivity contribution in [2.45, 2.75) is 0 Å². The summed E-state index contributed by atoms with van der Waals surface area (Å²) >= 11 is 0. The molecule has 0 unspecified atom stereocenters. The number of benzene rings is 2. The summed E-state index contributed by atoms with van der Waals surface area (Å²) in [6.07, 6.45) is 0. The third-order valence-corrected chi connectivity index (χ3v) is 2.55. The number of ketones is 1. The smallest absolute Gasteiger partial charge is 0.194 e. The summed E-state index contributed by atoms with van der Waals surface area (Å²) in [5, 5.41) is 17.8. The van der Waals surface area contributed by atoms with Gasteiger partial charge in [0.1, 0.15) is 0 Å². The van der Waals surface area contributed by atoms with E-state index in [1.807, 2.05) is 18.2 Å². The van der Waals surface area contributed by atoms with Crippen LogP contribution in [0.3, 0.4) is 0 Å². The van der Waals surface area contributed by atoms with Crippen LogP contribution >= 0.6 is 0 Å². The molecule has 0 aliphatic rings. The van der Waals surface area contributed by atoms with Crippen molar-refractivity contribution in [3.05, 3.63) is 70.8 Å². The molecule has 0 bridgehead atoms. The molecule has 2 aromatic carbocycles. The van der Waals surface area contributed by atoms with Crippen LogP contribution in [0.4, 0.5) is 0 Å². The van der Waals surface area contributed by atoms with Crippen LogP contribution in [0, 0.1) is 22.7 Å². The quantitative estimate of drug-likeness (QED) is 0.747. The lowest BCUT2D eigenvalue weighted by Crippen LogP contribution is -2.04. The second-order valence-corrected chi connectivity index (χ2v) is 3.68. The van der Waals surface area contributed by atoms with Crippen molar-refractivity contribution in [2.24, 2.45) is 0 Å². The summed E-state index contributed by atoms with van der Waals surface area (Å²) in [6, 6.07) is 17.1. The van der Waals surface area contributed by atoms with E-state index in [9.17, 15) is 4.79 Å². The van der Waals surface area contributed by atoms with Gasteiger partial charge in [-0.1, -0.05) is 30.3 Å². The van der Waals surface area contributed by atoms with Gasteiger partial charge in [-0.3, -0.25) is 4.79 Å². The zero-order valence-electron chi connectivity index (χ0n) is 9.42. The van der Waals surface area contributed by atoms with Gasteiger partial charge >= 0.3 is 0 Å². The Kier molecular flexibility index (Phi) is 3.18. The molecule has 0 fully saturated rings. The van der Waals surface area contributed by atoms with Crippen LogP contribution in [0.1, 0.15) is 27.0 Å². The summed E-state index contributed by atoms with van der Waals surface area (Å²) in [6.45, 7) is 0. The van der Waals surface area contributed by atoms with E-state index >= 15 is 0 Å². The molecule has 0 heterocycles. The van der Waals surface area contributed by atoms with E-state index in [1.54, 1.807) is 24.3 Å². The average Bonchev–Trinajstić information content (AvgIpc) is 2.46. The Morgan fingerprint density at radius 2 is 1.67 bits per heavy atom. The first-order chi connectivity index (χ1) is 8.76. The van der Waals surface area contributed by atoms with Crippen LogP contribution < -0.4 is 0 Å². The SMILES string of the molecule is N#Cc1ccc(C#N)c(C(=O)c2ccccc2)c1. The molecule has 0 saturated heterocycles. The molecule has 0 saturated carbocycles. The molecule has 0 amide bonds. The molecule has 0 aliphatic carbocycles. The Bertz CT molecular complexity index is 676. The number of rotatable bonds is 2. The van der Waals surface area contributed by atoms with Crippen LogP contribution in [0.25, 0.3) is 0 Å². The number of carbonyl (C=O) groups excluding carboxylic acids is 1. The van der Waals surface area contributed by atoms with Crippen LogP contribution in [0.2, 0.25) is 0 Å². The van der Waals surface area contributed by atoms with Gasteiger partial charge < -0.3 is 0 Å². The van der Waals surface area contributed by atoms with Crippen molar-refractivity contribution in [1.82, 2.24) is 0 Å². The summed E-state index contributed by atoms with van der Waals surface area (Å²) in [7, 11) is 0. The van der Waals surface area contributed by atoms with E-state index in [4.69, 9.17) is 10.5 Å². The maximum absolute atomic E-state index is 12.2. The standard InChI is InChI=1S/C15H8N2O/c16-9-11-6-7-13(10-17)14(8-11)15(18)12-4-2-1-3-5-12/h1-8H. The van der Waals surface area contributed by atoms with E-state index in [2.05, 4.69) is 0 Å². The Labute approximate surface area is 105 Å².